The maximum absolute atomic E-state index is 13.6. The molecule has 8 heteroatoms. The molecule has 158 valence electrons. The van der Waals surface area contributed by atoms with Gasteiger partial charge >= 0.3 is 6.18 Å². The molecule has 1 aliphatic heterocycles. The summed E-state index contributed by atoms with van der Waals surface area (Å²) in [7, 11) is 0. The molecule has 0 saturated carbocycles. The van der Waals surface area contributed by atoms with Crippen molar-refractivity contribution in [1.82, 2.24) is 9.78 Å². The number of rotatable bonds is 5. The lowest BCUT2D eigenvalue weighted by Gasteiger charge is -2.33. The second-order valence-electron chi connectivity index (χ2n) is 8.53. The maximum atomic E-state index is 13.6. The lowest BCUT2D eigenvalue weighted by molar-refractivity contribution is -0.0934. The van der Waals surface area contributed by atoms with Crippen LogP contribution in [0.3, 0.4) is 0 Å². The fraction of sp³-hybridized carbons (Fsp3) is 0.476. The number of allylic oxidation sites excluding steroid dienone is 3. The number of aryl methyl sites for hydroxylation is 1. The monoisotopic (exact) mass is 409 g/mol. The molecule has 29 heavy (non-hydrogen) atoms. The molecule has 2 heterocycles. The normalized spacial score (nSPS) is 15.9. The van der Waals surface area contributed by atoms with Crippen LogP contribution in [0.2, 0.25) is 0 Å². The average Bonchev–Trinajstić information content (AvgIpc) is 2.99. The van der Waals surface area contributed by atoms with Crippen LogP contribution in [0, 0.1) is 0 Å². The molecule has 0 spiro atoms. The minimum Gasteiger partial charge on any atom is -0.390 e. The van der Waals surface area contributed by atoms with Gasteiger partial charge in [-0.3, -0.25) is 4.68 Å². The second-order valence-corrected chi connectivity index (χ2v) is 8.53. The molecule has 0 unspecified atom stereocenters. The Hall–Kier alpha value is -2.32. The standard InChI is InChI=1S/C21H26F3N3O2/c1-19(2,28)8-10-26-13-14-11-17(15(20(3,4)29)12-16(14)25-26)27-9-6-5-7-18(27)21(22,23)24/h5-7,11-13,28-29H,8-10H2,1-4H3. The fourth-order valence-corrected chi connectivity index (χ4v) is 3.32. The van der Waals surface area contributed by atoms with Crippen molar-refractivity contribution in [2.75, 3.05) is 11.4 Å². The van der Waals surface area contributed by atoms with Gasteiger partial charge in [-0.1, -0.05) is 12.2 Å². The van der Waals surface area contributed by atoms with E-state index in [0.29, 0.717) is 35.1 Å². The zero-order valence-electron chi connectivity index (χ0n) is 17.0. The fourth-order valence-electron chi connectivity index (χ4n) is 3.32. The van der Waals surface area contributed by atoms with Crippen LogP contribution in [0.1, 0.15) is 39.7 Å². The minimum atomic E-state index is -4.52. The first kappa shape index (κ1) is 21.4. The summed E-state index contributed by atoms with van der Waals surface area (Å²) in [5.41, 5.74) is -1.76. The molecule has 1 aliphatic rings. The van der Waals surface area contributed by atoms with E-state index >= 15 is 0 Å². The summed E-state index contributed by atoms with van der Waals surface area (Å²) in [6.07, 6.45) is 1.76. The van der Waals surface area contributed by atoms with Crippen LogP contribution in [-0.2, 0) is 12.1 Å². The van der Waals surface area contributed by atoms with Gasteiger partial charge in [-0.15, -0.1) is 0 Å². The van der Waals surface area contributed by atoms with Gasteiger partial charge in [0, 0.05) is 35.9 Å². The smallest absolute Gasteiger partial charge is 0.390 e. The SMILES string of the molecule is CC(C)(O)CCn1cc2cc(N3CC=CC=C3C(F)(F)F)c(C(C)(C)O)cc2n1. The van der Waals surface area contributed by atoms with Crippen molar-refractivity contribution in [3.8, 4) is 0 Å². The van der Waals surface area contributed by atoms with Crippen molar-refractivity contribution < 1.29 is 23.4 Å². The second kappa shape index (κ2) is 7.18. The Morgan fingerprint density at radius 1 is 1.10 bits per heavy atom. The van der Waals surface area contributed by atoms with E-state index in [1.165, 1.54) is 11.0 Å². The predicted octanol–water partition coefficient (Wildman–Crippen LogP) is 4.25. The van der Waals surface area contributed by atoms with Crippen molar-refractivity contribution in [2.45, 2.75) is 58.0 Å². The molecule has 0 aliphatic carbocycles. The molecule has 0 amide bonds. The molecule has 5 nitrogen and oxygen atoms in total. The molecule has 0 bridgehead atoms. The first-order chi connectivity index (χ1) is 13.3. The zero-order valence-corrected chi connectivity index (χ0v) is 17.0. The van der Waals surface area contributed by atoms with Gasteiger partial charge in [0.1, 0.15) is 5.70 Å². The van der Waals surface area contributed by atoms with Gasteiger partial charge < -0.3 is 15.1 Å². The minimum absolute atomic E-state index is 0.0484. The topological polar surface area (TPSA) is 61.5 Å². The summed E-state index contributed by atoms with van der Waals surface area (Å²) in [5.74, 6) is 0. The lowest BCUT2D eigenvalue weighted by Crippen LogP contribution is -2.35. The number of hydrogen-bond acceptors (Lipinski definition) is 4. The van der Waals surface area contributed by atoms with Crippen LogP contribution in [0.15, 0.2) is 42.3 Å². The number of benzene rings is 1. The molecule has 2 aromatic rings. The van der Waals surface area contributed by atoms with Gasteiger partial charge in [-0.25, -0.2) is 0 Å². The average molecular weight is 409 g/mol. The van der Waals surface area contributed by atoms with Gasteiger partial charge in [0.05, 0.1) is 16.7 Å². The Morgan fingerprint density at radius 3 is 2.38 bits per heavy atom. The van der Waals surface area contributed by atoms with Gasteiger partial charge in [0.2, 0.25) is 0 Å². The zero-order chi connectivity index (χ0) is 21.6. The molecule has 0 fully saturated rings. The summed E-state index contributed by atoms with van der Waals surface area (Å²) >= 11 is 0. The summed E-state index contributed by atoms with van der Waals surface area (Å²) in [5, 5.41) is 25.7. The number of hydrogen-bond donors (Lipinski definition) is 2. The highest BCUT2D eigenvalue weighted by atomic mass is 19.4. The predicted molar refractivity (Wildman–Crippen MR) is 107 cm³/mol. The van der Waals surface area contributed by atoms with Crippen LogP contribution in [-0.4, -0.2) is 38.3 Å². The molecule has 0 atom stereocenters. The van der Waals surface area contributed by atoms with E-state index in [4.69, 9.17) is 0 Å². The molecule has 0 radical (unpaired) electrons. The highest BCUT2D eigenvalue weighted by Crippen LogP contribution is 2.40. The summed E-state index contributed by atoms with van der Waals surface area (Å²) in [4.78, 5) is 1.17. The van der Waals surface area contributed by atoms with E-state index in [2.05, 4.69) is 5.10 Å². The molecule has 3 rings (SSSR count). The van der Waals surface area contributed by atoms with Crippen molar-refractivity contribution in [3.63, 3.8) is 0 Å². The van der Waals surface area contributed by atoms with Crippen molar-refractivity contribution >= 4 is 16.6 Å². The van der Waals surface area contributed by atoms with Crippen molar-refractivity contribution in [3.05, 3.63) is 47.8 Å². The van der Waals surface area contributed by atoms with Crippen LogP contribution in [0.25, 0.3) is 10.9 Å². The van der Waals surface area contributed by atoms with E-state index in [1.807, 2.05) is 0 Å². The maximum Gasteiger partial charge on any atom is 0.431 e. The van der Waals surface area contributed by atoms with E-state index in [1.54, 1.807) is 56.8 Å². The number of alkyl halides is 3. The van der Waals surface area contributed by atoms with Gasteiger partial charge in [-0.2, -0.15) is 18.3 Å². The van der Waals surface area contributed by atoms with Crippen molar-refractivity contribution in [2.24, 2.45) is 0 Å². The Morgan fingerprint density at radius 2 is 1.79 bits per heavy atom. The third-order valence-electron chi connectivity index (χ3n) is 4.83. The summed E-state index contributed by atoms with van der Waals surface area (Å²) in [6.45, 7) is 7.00. The number of nitrogens with zero attached hydrogens (tertiary/aromatic N) is 3. The molecule has 1 aromatic carbocycles. The van der Waals surface area contributed by atoms with Crippen LogP contribution >= 0.6 is 0 Å². The number of aromatic nitrogens is 2. The van der Waals surface area contributed by atoms with Crippen LogP contribution < -0.4 is 4.90 Å². The number of aliphatic hydroxyl groups is 2. The third kappa shape index (κ3) is 4.82. The van der Waals surface area contributed by atoms with Gasteiger partial charge in [0.25, 0.3) is 0 Å². The molecule has 2 N–H and O–H groups in total. The number of halogens is 3. The third-order valence-corrected chi connectivity index (χ3v) is 4.83. The van der Waals surface area contributed by atoms with E-state index in [0.717, 1.165) is 6.08 Å². The summed E-state index contributed by atoms with van der Waals surface area (Å²) in [6, 6.07) is 3.27. The largest absolute Gasteiger partial charge is 0.431 e. The first-order valence-corrected chi connectivity index (χ1v) is 9.44. The van der Waals surface area contributed by atoms with Crippen LogP contribution in [0.4, 0.5) is 18.9 Å². The molecule has 1 aromatic heterocycles. The van der Waals surface area contributed by atoms with Gasteiger partial charge in [-0.05, 0) is 52.3 Å². The van der Waals surface area contributed by atoms with Crippen LogP contribution in [0.5, 0.6) is 0 Å². The molecule has 0 saturated heterocycles. The first-order valence-electron chi connectivity index (χ1n) is 9.44. The van der Waals surface area contributed by atoms with Gasteiger partial charge in [0.15, 0.2) is 0 Å². The molecular weight excluding hydrogens is 383 g/mol. The summed E-state index contributed by atoms with van der Waals surface area (Å²) < 4.78 is 42.4. The van der Waals surface area contributed by atoms with Crippen molar-refractivity contribution in [1.29, 1.82) is 0 Å². The number of anilines is 1. The Balaban J connectivity index is 2.10. The molecular formula is C21H26F3N3O2. The Labute approximate surface area is 167 Å². The highest BCUT2D eigenvalue weighted by molar-refractivity contribution is 5.85. The quantitative estimate of drug-likeness (QED) is 0.775. The Kier molecular flexibility index (Phi) is 5.29. The van der Waals surface area contributed by atoms with E-state index in [-0.39, 0.29) is 6.54 Å². The number of fused-ring (bicyclic) bond motifs is 1. The van der Waals surface area contributed by atoms with E-state index < -0.39 is 23.1 Å². The highest BCUT2D eigenvalue weighted by Gasteiger charge is 2.40. The Bertz CT molecular complexity index is 960. The van der Waals surface area contributed by atoms with E-state index in [9.17, 15) is 23.4 Å². The lowest BCUT2D eigenvalue weighted by atomic mass is 9.94.